The molecular formula is C46H66O2. The van der Waals surface area contributed by atoms with Gasteiger partial charge in [0, 0.05) is 5.56 Å². The molecule has 0 saturated heterocycles. The lowest BCUT2D eigenvalue weighted by Gasteiger charge is -2.12. The molecule has 0 spiro atoms. The first-order valence-corrected chi connectivity index (χ1v) is 19.4. The first kappa shape index (κ1) is 39.2. The van der Waals surface area contributed by atoms with Crippen molar-refractivity contribution in [1.29, 1.82) is 0 Å². The van der Waals surface area contributed by atoms with Gasteiger partial charge in [-0.05, 0) is 97.7 Å². The molecule has 0 saturated carbocycles. The van der Waals surface area contributed by atoms with Crippen LogP contribution in [-0.2, 0) is 0 Å². The number of hydrogen-bond acceptors (Lipinski definition) is 2. The summed E-state index contributed by atoms with van der Waals surface area (Å²) in [7, 11) is 0. The minimum absolute atomic E-state index is 0.784. The monoisotopic (exact) mass is 651 g/mol. The summed E-state index contributed by atoms with van der Waals surface area (Å²) in [6.45, 7) is 14.8. The summed E-state index contributed by atoms with van der Waals surface area (Å²) in [5.74, 6) is 2.00. The second-order valence-corrected chi connectivity index (χ2v) is 13.9. The molecule has 2 nitrogen and oxygen atoms in total. The predicted molar refractivity (Wildman–Crippen MR) is 212 cm³/mol. The Morgan fingerprint density at radius 1 is 0.396 bits per heavy atom. The van der Waals surface area contributed by atoms with E-state index in [1.165, 1.54) is 129 Å². The van der Waals surface area contributed by atoms with Gasteiger partial charge in [-0.2, -0.15) is 0 Å². The fourth-order valence-corrected chi connectivity index (χ4v) is 6.18. The van der Waals surface area contributed by atoms with Crippen molar-refractivity contribution < 1.29 is 9.47 Å². The minimum atomic E-state index is 0.784. The van der Waals surface area contributed by atoms with Gasteiger partial charge >= 0.3 is 0 Å². The van der Waals surface area contributed by atoms with Crippen molar-refractivity contribution in [2.45, 2.75) is 144 Å². The average molecular weight is 651 g/mol. The maximum atomic E-state index is 6.31. The van der Waals surface area contributed by atoms with Crippen LogP contribution in [0.1, 0.15) is 161 Å². The number of hydrogen-bond donors (Lipinski definition) is 0. The van der Waals surface area contributed by atoms with E-state index in [9.17, 15) is 0 Å². The lowest BCUT2D eigenvalue weighted by atomic mass is 10.0. The van der Waals surface area contributed by atoms with Gasteiger partial charge in [0.25, 0.3) is 0 Å². The summed E-state index contributed by atoms with van der Waals surface area (Å²) in [6, 6.07) is 17.7. The SMILES string of the molecule is CCCCCCCCCCOc1cc(/C=C/c2ccc(/C=C/c3cc(C)c(C)cc3OCCCCCCCCCC)cc2)c(C)cc1C. The van der Waals surface area contributed by atoms with Crippen LogP contribution >= 0.6 is 0 Å². The molecule has 0 radical (unpaired) electrons. The molecule has 48 heavy (non-hydrogen) atoms. The molecule has 3 aromatic carbocycles. The van der Waals surface area contributed by atoms with E-state index in [0.717, 1.165) is 43.1 Å². The normalized spacial score (nSPS) is 11.6. The summed E-state index contributed by atoms with van der Waals surface area (Å²) in [4.78, 5) is 0. The van der Waals surface area contributed by atoms with Crippen LogP contribution in [-0.4, -0.2) is 13.2 Å². The van der Waals surface area contributed by atoms with Crippen molar-refractivity contribution in [2.24, 2.45) is 0 Å². The molecule has 2 heteroatoms. The van der Waals surface area contributed by atoms with E-state index in [2.05, 4.69) is 114 Å². The Balaban J connectivity index is 1.52. The largest absolute Gasteiger partial charge is 0.493 e. The quantitative estimate of drug-likeness (QED) is 0.0709. The zero-order valence-electron chi connectivity index (χ0n) is 31.5. The van der Waals surface area contributed by atoms with E-state index in [-0.39, 0.29) is 0 Å². The maximum Gasteiger partial charge on any atom is 0.126 e. The van der Waals surface area contributed by atoms with E-state index in [1.807, 2.05) is 0 Å². The first-order valence-electron chi connectivity index (χ1n) is 19.4. The molecule has 0 fully saturated rings. The summed E-state index contributed by atoms with van der Waals surface area (Å²) >= 11 is 0. The average Bonchev–Trinajstić information content (AvgIpc) is 3.08. The molecule has 0 aliphatic heterocycles. The minimum Gasteiger partial charge on any atom is -0.493 e. The second kappa shape index (κ2) is 23.2. The highest BCUT2D eigenvalue weighted by atomic mass is 16.5. The number of unbranched alkanes of at least 4 members (excludes halogenated alkanes) is 14. The summed E-state index contributed by atoms with van der Waals surface area (Å²) < 4.78 is 12.5. The Morgan fingerprint density at radius 3 is 1.35 bits per heavy atom. The third-order valence-electron chi connectivity index (χ3n) is 9.55. The van der Waals surface area contributed by atoms with E-state index >= 15 is 0 Å². The molecule has 262 valence electrons. The highest BCUT2D eigenvalue weighted by Gasteiger charge is 2.07. The van der Waals surface area contributed by atoms with Crippen molar-refractivity contribution in [2.75, 3.05) is 13.2 Å². The van der Waals surface area contributed by atoms with Gasteiger partial charge in [0.1, 0.15) is 11.5 Å². The smallest absolute Gasteiger partial charge is 0.126 e. The number of benzene rings is 3. The summed E-state index contributed by atoms with van der Waals surface area (Å²) in [6.07, 6.45) is 29.8. The Labute approximate surface area is 295 Å². The van der Waals surface area contributed by atoms with Gasteiger partial charge in [0.2, 0.25) is 0 Å². The fourth-order valence-electron chi connectivity index (χ4n) is 6.18. The van der Waals surface area contributed by atoms with Crippen LogP contribution < -0.4 is 9.47 Å². The van der Waals surface area contributed by atoms with E-state index in [1.54, 1.807) is 0 Å². The lowest BCUT2D eigenvalue weighted by Crippen LogP contribution is -2.00. The van der Waals surface area contributed by atoms with Gasteiger partial charge in [-0.25, -0.2) is 0 Å². The number of aryl methyl sites for hydroxylation is 4. The Bertz CT molecular complexity index is 1380. The maximum absolute atomic E-state index is 6.31. The van der Waals surface area contributed by atoms with Crippen LogP contribution in [0.4, 0.5) is 0 Å². The van der Waals surface area contributed by atoms with Crippen LogP contribution in [0.5, 0.6) is 11.5 Å². The first-order chi connectivity index (χ1) is 23.4. The van der Waals surface area contributed by atoms with Gasteiger partial charge in [-0.15, -0.1) is 0 Å². The zero-order valence-corrected chi connectivity index (χ0v) is 31.5. The molecule has 0 atom stereocenters. The van der Waals surface area contributed by atoms with Crippen LogP contribution in [0.15, 0.2) is 48.5 Å². The van der Waals surface area contributed by atoms with Crippen molar-refractivity contribution >= 4 is 24.3 Å². The highest BCUT2D eigenvalue weighted by molar-refractivity contribution is 5.76. The van der Waals surface area contributed by atoms with E-state index < -0.39 is 0 Å². The number of ether oxygens (including phenoxy) is 2. The molecule has 0 unspecified atom stereocenters. The Hall–Kier alpha value is -3.26. The standard InChI is InChI=1S/C46H66O2/c1-7-9-11-13-15-17-19-21-31-47-45-36-43(39(5)33-40(45)6)29-27-41-23-25-42(26-24-41)28-30-44-34-37(3)38(4)35-46(44)48-32-22-20-18-16-14-12-10-8-2/h23-30,33-36H,7-22,31-32H2,1-6H3/b29-27+,30-28+. The van der Waals surface area contributed by atoms with Crippen LogP contribution in [0.2, 0.25) is 0 Å². The summed E-state index contributed by atoms with van der Waals surface area (Å²) in [5.41, 5.74) is 9.80. The zero-order chi connectivity index (χ0) is 34.4. The van der Waals surface area contributed by atoms with E-state index in [0.29, 0.717) is 0 Å². The van der Waals surface area contributed by atoms with Gasteiger partial charge in [-0.3, -0.25) is 0 Å². The molecule has 0 aliphatic carbocycles. The molecule has 0 heterocycles. The predicted octanol–water partition coefficient (Wildman–Crippen LogP) is 14.3. The van der Waals surface area contributed by atoms with Crippen LogP contribution in [0, 0.1) is 27.7 Å². The Morgan fingerprint density at radius 2 is 0.833 bits per heavy atom. The van der Waals surface area contributed by atoms with E-state index in [4.69, 9.17) is 9.47 Å². The van der Waals surface area contributed by atoms with Crippen molar-refractivity contribution in [3.8, 4) is 11.5 Å². The molecule has 3 aromatic rings. The Kier molecular flexibility index (Phi) is 18.9. The van der Waals surface area contributed by atoms with Gasteiger partial charge in [0.15, 0.2) is 0 Å². The fraction of sp³-hybridized carbons (Fsp3) is 0.522. The molecule has 0 bridgehead atoms. The third kappa shape index (κ3) is 14.9. The third-order valence-corrected chi connectivity index (χ3v) is 9.55. The van der Waals surface area contributed by atoms with Gasteiger partial charge in [0.05, 0.1) is 13.2 Å². The lowest BCUT2D eigenvalue weighted by molar-refractivity contribution is 0.302. The molecule has 0 aliphatic rings. The van der Waals surface area contributed by atoms with Crippen molar-refractivity contribution in [1.82, 2.24) is 0 Å². The molecule has 0 amide bonds. The molecular weight excluding hydrogens is 585 g/mol. The number of rotatable bonds is 24. The van der Waals surface area contributed by atoms with Crippen molar-refractivity contribution in [3.63, 3.8) is 0 Å². The highest BCUT2D eigenvalue weighted by Crippen LogP contribution is 2.27. The molecule has 0 aromatic heterocycles. The topological polar surface area (TPSA) is 18.5 Å². The van der Waals surface area contributed by atoms with Crippen molar-refractivity contribution in [3.05, 3.63) is 93.0 Å². The molecule has 3 rings (SSSR count). The van der Waals surface area contributed by atoms with Crippen LogP contribution in [0.25, 0.3) is 24.3 Å². The molecule has 0 N–H and O–H groups in total. The second-order valence-electron chi connectivity index (χ2n) is 13.9. The van der Waals surface area contributed by atoms with Gasteiger partial charge in [-0.1, -0.05) is 158 Å². The van der Waals surface area contributed by atoms with Crippen LogP contribution in [0.3, 0.4) is 0 Å². The summed E-state index contributed by atoms with van der Waals surface area (Å²) in [5, 5.41) is 0. The van der Waals surface area contributed by atoms with Gasteiger partial charge < -0.3 is 9.47 Å².